The molecule has 0 fully saturated rings. The van der Waals surface area contributed by atoms with E-state index in [0.29, 0.717) is 13.0 Å². The molecule has 0 aromatic carbocycles. The predicted octanol–water partition coefficient (Wildman–Crippen LogP) is 2.04. The molecular weight excluding hydrogens is 226 g/mol. The first-order valence-corrected chi connectivity index (χ1v) is 7.79. The number of rotatable bonds is 10. The number of sulfonamides is 1. The minimum Gasteiger partial charge on any atom is -0.378 e. The van der Waals surface area contributed by atoms with Crippen LogP contribution in [0.1, 0.15) is 52.4 Å². The molecule has 1 atom stereocenters. The van der Waals surface area contributed by atoms with E-state index in [0.717, 1.165) is 6.42 Å². The van der Waals surface area contributed by atoms with Crippen LogP contribution < -0.4 is 5.14 Å². The molecule has 0 aliphatic heterocycles. The first-order valence-electron chi connectivity index (χ1n) is 6.07. The largest absolute Gasteiger partial charge is 0.378 e. The summed E-state index contributed by atoms with van der Waals surface area (Å²) in [6.07, 6.45) is 6.71. The molecule has 4 nitrogen and oxygen atoms in total. The second-order valence-electron chi connectivity index (χ2n) is 4.25. The number of hydrogen-bond acceptors (Lipinski definition) is 3. The summed E-state index contributed by atoms with van der Waals surface area (Å²) in [4.78, 5) is 0. The van der Waals surface area contributed by atoms with Crippen LogP contribution in [0.4, 0.5) is 0 Å². The monoisotopic (exact) mass is 251 g/mol. The van der Waals surface area contributed by atoms with Crippen LogP contribution in [-0.4, -0.2) is 26.9 Å². The van der Waals surface area contributed by atoms with Crippen molar-refractivity contribution in [1.29, 1.82) is 0 Å². The van der Waals surface area contributed by atoms with Gasteiger partial charge in [0.1, 0.15) is 0 Å². The van der Waals surface area contributed by atoms with E-state index in [1.807, 2.05) is 6.92 Å². The number of primary sulfonamides is 1. The zero-order valence-corrected chi connectivity index (χ0v) is 11.3. The van der Waals surface area contributed by atoms with Gasteiger partial charge in [0.2, 0.25) is 10.0 Å². The standard InChI is InChI=1S/C11H25NO3S/c1-3-4-5-6-8-11(2)15-9-7-10-16(12,13)14/h11H,3-10H2,1-2H3,(H2,12,13,14). The normalized spacial score (nSPS) is 13.9. The van der Waals surface area contributed by atoms with Crippen molar-refractivity contribution in [2.45, 2.75) is 58.5 Å². The van der Waals surface area contributed by atoms with Crippen LogP contribution in [0.5, 0.6) is 0 Å². The average Bonchev–Trinajstić information content (AvgIpc) is 2.18. The Labute approximate surface area is 99.6 Å². The summed E-state index contributed by atoms with van der Waals surface area (Å²) < 4.78 is 26.8. The van der Waals surface area contributed by atoms with E-state index in [-0.39, 0.29) is 11.9 Å². The van der Waals surface area contributed by atoms with Crippen LogP contribution in [0.3, 0.4) is 0 Å². The van der Waals surface area contributed by atoms with Gasteiger partial charge in [-0.3, -0.25) is 0 Å². The highest BCUT2D eigenvalue weighted by Gasteiger charge is 2.04. The Bertz CT molecular complexity index is 252. The van der Waals surface area contributed by atoms with E-state index < -0.39 is 10.0 Å². The summed E-state index contributed by atoms with van der Waals surface area (Å²) in [5.41, 5.74) is 0. The van der Waals surface area contributed by atoms with Gasteiger partial charge in [0, 0.05) is 6.61 Å². The lowest BCUT2D eigenvalue weighted by Gasteiger charge is -2.12. The molecule has 0 aliphatic carbocycles. The van der Waals surface area contributed by atoms with Gasteiger partial charge in [-0.25, -0.2) is 13.6 Å². The van der Waals surface area contributed by atoms with Crippen molar-refractivity contribution >= 4 is 10.0 Å². The lowest BCUT2D eigenvalue weighted by molar-refractivity contribution is 0.0592. The summed E-state index contributed by atoms with van der Waals surface area (Å²) in [6.45, 7) is 4.70. The van der Waals surface area contributed by atoms with E-state index in [2.05, 4.69) is 6.92 Å². The van der Waals surface area contributed by atoms with Gasteiger partial charge >= 0.3 is 0 Å². The Morgan fingerprint density at radius 1 is 1.19 bits per heavy atom. The summed E-state index contributed by atoms with van der Waals surface area (Å²) in [5.74, 6) is 0.00948. The van der Waals surface area contributed by atoms with Crippen LogP contribution >= 0.6 is 0 Å². The third kappa shape index (κ3) is 11.9. The first-order chi connectivity index (χ1) is 7.45. The molecule has 0 rings (SSSR count). The van der Waals surface area contributed by atoms with Gasteiger partial charge in [-0.05, 0) is 19.8 Å². The molecule has 0 aliphatic rings. The summed E-state index contributed by atoms with van der Waals surface area (Å²) >= 11 is 0. The highest BCUT2D eigenvalue weighted by Crippen LogP contribution is 2.08. The van der Waals surface area contributed by atoms with Crippen LogP contribution in [0.25, 0.3) is 0 Å². The van der Waals surface area contributed by atoms with E-state index in [1.165, 1.54) is 25.7 Å². The molecule has 0 heterocycles. The Balaban J connectivity index is 3.33. The molecule has 5 heteroatoms. The van der Waals surface area contributed by atoms with Crippen LogP contribution in [0, 0.1) is 0 Å². The quantitative estimate of drug-likeness (QED) is 0.604. The smallest absolute Gasteiger partial charge is 0.209 e. The molecule has 0 saturated carbocycles. The highest BCUT2D eigenvalue weighted by molar-refractivity contribution is 7.89. The summed E-state index contributed by atoms with van der Waals surface area (Å²) in [5, 5.41) is 4.88. The SMILES string of the molecule is CCCCCCC(C)OCCCS(N)(=O)=O. The Hall–Kier alpha value is -0.130. The molecule has 0 radical (unpaired) electrons. The minimum atomic E-state index is -3.33. The van der Waals surface area contributed by atoms with Gasteiger partial charge in [0.15, 0.2) is 0 Å². The first kappa shape index (κ1) is 15.9. The molecule has 0 bridgehead atoms. The third-order valence-electron chi connectivity index (χ3n) is 2.44. The van der Waals surface area contributed by atoms with Gasteiger partial charge in [-0.2, -0.15) is 0 Å². The van der Waals surface area contributed by atoms with Gasteiger partial charge in [0.25, 0.3) is 0 Å². The number of nitrogens with two attached hydrogens (primary N) is 1. The molecule has 98 valence electrons. The van der Waals surface area contributed by atoms with E-state index in [1.54, 1.807) is 0 Å². The molecule has 16 heavy (non-hydrogen) atoms. The summed E-state index contributed by atoms with van der Waals surface area (Å²) in [7, 11) is -3.33. The van der Waals surface area contributed by atoms with Crippen molar-refractivity contribution in [2.24, 2.45) is 5.14 Å². The predicted molar refractivity (Wildman–Crippen MR) is 66.8 cm³/mol. The van der Waals surface area contributed by atoms with Crippen molar-refractivity contribution in [1.82, 2.24) is 0 Å². The number of hydrogen-bond donors (Lipinski definition) is 1. The van der Waals surface area contributed by atoms with Gasteiger partial charge < -0.3 is 4.74 Å². The third-order valence-corrected chi connectivity index (χ3v) is 3.30. The van der Waals surface area contributed by atoms with E-state index in [9.17, 15) is 8.42 Å². The van der Waals surface area contributed by atoms with Crippen molar-refractivity contribution in [2.75, 3.05) is 12.4 Å². The van der Waals surface area contributed by atoms with Crippen molar-refractivity contribution < 1.29 is 13.2 Å². The molecule has 0 saturated heterocycles. The number of ether oxygens (including phenoxy) is 1. The van der Waals surface area contributed by atoms with Crippen LogP contribution in [-0.2, 0) is 14.8 Å². The number of unbranched alkanes of at least 4 members (excludes halogenated alkanes) is 3. The van der Waals surface area contributed by atoms with Crippen LogP contribution in [0.15, 0.2) is 0 Å². The minimum absolute atomic E-state index is 0.00948. The van der Waals surface area contributed by atoms with E-state index in [4.69, 9.17) is 9.88 Å². The Morgan fingerprint density at radius 2 is 1.88 bits per heavy atom. The van der Waals surface area contributed by atoms with Crippen molar-refractivity contribution in [3.63, 3.8) is 0 Å². The lowest BCUT2D eigenvalue weighted by atomic mass is 10.1. The van der Waals surface area contributed by atoms with Crippen LogP contribution in [0.2, 0.25) is 0 Å². The lowest BCUT2D eigenvalue weighted by Crippen LogP contribution is -2.19. The van der Waals surface area contributed by atoms with Gasteiger partial charge in [0.05, 0.1) is 11.9 Å². The highest BCUT2D eigenvalue weighted by atomic mass is 32.2. The molecular formula is C11H25NO3S. The maximum absolute atomic E-state index is 10.6. The Kier molecular flexibility index (Phi) is 8.89. The molecule has 1 unspecified atom stereocenters. The zero-order valence-electron chi connectivity index (χ0n) is 10.4. The Morgan fingerprint density at radius 3 is 2.44 bits per heavy atom. The fourth-order valence-electron chi connectivity index (χ4n) is 1.49. The second-order valence-corrected chi connectivity index (χ2v) is 5.99. The van der Waals surface area contributed by atoms with E-state index >= 15 is 0 Å². The molecule has 0 amide bonds. The van der Waals surface area contributed by atoms with Gasteiger partial charge in [-0.1, -0.05) is 32.6 Å². The maximum Gasteiger partial charge on any atom is 0.209 e. The molecule has 0 spiro atoms. The molecule has 0 aromatic heterocycles. The van der Waals surface area contributed by atoms with Crippen molar-refractivity contribution in [3.05, 3.63) is 0 Å². The molecule has 0 aromatic rings. The fraction of sp³-hybridized carbons (Fsp3) is 1.00. The topological polar surface area (TPSA) is 69.4 Å². The summed E-state index contributed by atoms with van der Waals surface area (Å²) in [6, 6.07) is 0. The zero-order chi connectivity index (χ0) is 12.4. The average molecular weight is 251 g/mol. The maximum atomic E-state index is 10.6. The van der Waals surface area contributed by atoms with Crippen molar-refractivity contribution in [3.8, 4) is 0 Å². The fourth-order valence-corrected chi connectivity index (χ4v) is 2.01. The molecule has 2 N–H and O–H groups in total. The second kappa shape index (κ2) is 8.96. The van der Waals surface area contributed by atoms with Gasteiger partial charge in [-0.15, -0.1) is 0 Å².